The van der Waals surface area contributed by atoms with E-state index in [0.717, 1.165) is 32.1 Å². The van der Waals surface area contributed by atoms with E-state index < -0.39 is 10.0 Å². The lowest BCUT2D eigenvalue weighted by atomic mass is 9.95. The largest absolute Gasteiger partial charge is 0.395 e. The fourth-order valence-corrected chi connectivity index (χ4v) is 5.28. The Bertz CT molecular complexity index is 591. The molecule has 2 rings (SSSR count). The summed E-state index contributed by atoms with van der Waals surface area (Å²) in [6.07, 6.45) is 6.23. The Morgan fingerprint density at radius 3 is 2.67 bits per heavy atom. The van der Waals surface area contributed by atoms with Crippen LogP contribution in [0.1, 0.15) is 32.1 Å². The number of sulfonamides is 1. The number of aliphatic hydroxyl groups is 1. The van der Waals surface area contributed by atoms with Gasteiger partial charge in [-0.05, 0) is 34.8 Å². The van der Waals surface area contributed by atoms with Crippen LogP contribution in [-0.2, 0) is 10.0 Å². The molecule has 1 heterocycles. The van der Waals surface area contributed by atoms with E-state index in [1.165, 1.54) is 16.6 Å². The lowest BCUT2D eigenvalue weighted by Gasteiger charge is -2.33. The first-order chi connectivity index (χ1) is 9.96. The Morgan fingerprint density at radius 1 is 1.38 bits per heavy atom. The molecular weight excluding hydrogens is 380 g/mol. The first kappa shape index (κ1) is 17.1. The maximum atomic E-state index is 12.9. The molecule has 0 radical (unpaired) electrons. The smallest absolute Gasteiger partial charge is 0.246 e. The molecule has 0 unspecified atom stereocenters. The molecule has 0 bridgehead atoms. The molecule has 0 saturated heterocycles. The summed E-state index contributed by atoms with van der Waals surface area (Å²) in [4.78, 5) is 3.87. The van der Waals surface area contributed by atoms with E-state index in [1.54, 1.807) is 0 Å². The van der Waals surface area contributed by atoms with Crippen LogP contribution >= 0.6 is 27.5 Å². The highest BCUT2D eigenvalue weighted by atomic mass is 79.9. The number of hydrogen-bond acceptors (Lipinski definition) is 4. The van der Waals surface area contributed by atoms with Crippen LogP contribution in [0.3, 0.4) is 0 Å². The monoisotopic (exact) mass is 396 g/mol. The van der Waals surface area contributed by atoms with Crippen LogP contribution < -0.4 is 0 Å². The van der Waals surface area contributed by atoms with Gasteiger partial charge in [0.1, 0.15) is 10.0 Å². The number of aromatic nitrogens is 1. The fourth-order valence-electron chi connectivity index (χ4n) is 2.68. The van der Waals surface area contributed by atoms with Crippen molar-refractivity contribution in [1.29, 1.82) is 0 Å². The normalized spacial score (nSPS) is 17.3. The lowest BCUT2D eigenvalue weighted by Crippen LogP contribution is -2.43. The van der Waals surface area contributed by atoms with Gasteiger partial charge in [0.15, 0.2) is 0 Å². The Hall–Kier alpha value is -0.210. The van der Waals surface area contributed by atoms with Crippen LogP contribution in [0.2, 0.25) is 5.15 Å². The molecule has 1 aliphatic rings. The van der Waals surface area contributed by atoms with Gasteiger partial charge in [0, 0.05) is 23.3 Å². The summed E-state index contributed by atoms with van der Waals surface area (Å²) in [7, 11) is -3.77. The Kier molecular flexibility index (Phi) is 6.02. The minimum atomic E-state index is -3.77. The van der Waals surface area contributed by atoms with Gasteiger partial charge in [0.2, 0.25) is 10.0 Å². The lowest BCUT2D eigenvalue weighted by molar-refractivity contribution is 0.199. The van der Waals surface area contributed by atoms with E-state index in [2.05, 4.69) is 20.9 Å². The molecule has 0 aliphatic heterocycles. The van der Waals surface area contributed by atoms with Crippen molar-refractivity contribution in [3.63, 3.8) is 0 Å². The van der Waals surface area contributed by atoms with Gasteiger partial charge in [-0.3, -0.25) is 0 Å². The molecule has 0 atom stereocenters. The number of rotatable bonds is 5. The van der Waals surface area contributed by atoms with Gasteiger partial charge < -0.3 is 5.11 Å². The van der Waals surface area contributed by atoms with E-state index >= 15 is 0 Å². The van der Waals surface area contributed by atoms with Gasteiger partial charge in [0.25, 0.3) is 0 Å². The summed E-state index contributed by atoms with van der Waals surface area (Å²) in [6, 6.07) is 1.38. The third kappa shape index (κ3) is 3.96. The Balaban J connectivity index is 2.39. The van der Waals surface area contributed by atoms with E-state index in [4.69, 9.17) is 11.6 Å². The zero-order valence-corrected chi connectivity index (χ0v) is 14.7. The zero-order chi connectivity index (χ0) is 15.5. The number of hydrogen-bond donors (Lipinski definition) is 1. The highest BCUT2D eigenvalue weighted by Crippen LogP contribution is 2.31. The van der Waals surface area contributed by atoms with Crippen molar-refractivity contribution >= 4 is 37.6 Å². The molecule has 1 N–H and O–H groups in total. The highest BCUT2D eigenvalue weighted by Gasteiger charge is 2.33. The maximum absolute atomic E-state index is 12.9. The average Bonchev–Trinajstić information content (AvgIpc) is 2.48. The van der Waals surface area contributed by atoms with Crippen LogP contribution in [0.4, 0.5) is 0 Å². The summed E-state index contributed by atoms with van der Waals surface area (Å²) in [5.74, 6) is 0. The summed E-state index contributed by atoms with van der Waals surface area (Å²) in [6.45, 7) is -0.134. The van der Waals surface area contributed by atoms with Gasteiger partial charge in [0.05, 0.1) is 6.61 Å². The minimum absolute atomic E-state index is 0.0161. The number of aliphatic hydroxyl groups excluding tert-OH is 1. The van der Waals surface area contributed by atoms with Crippen LogP contribution in [0.15, 0.2) is 21.6 Å². The van der Waals surface area contributed by atoms with Gasteiger partial charge >= 0.3 is 0 Å². The standard InChI is InChI=1S/C13H18BrClN2O3S/c14-10-8-12(13(15)16-9-10)21(19,20)17(6-7-18)11-4-2-1-3-5-11/h8-9,11,18H,1-7H2. The Labute approximate surface area is 138 Å². The van der Waals surface area contributed by atoms with Gasteiger partial charge in [-0.25, -0.2) is 13.4 Å². The molecule has 0 amide bonds. The molecule has 21 heavy (non-hydrogen) atoms. The van der Waals surface area contributed by atoms with Crippen LogP contribution in [0, 0.1) is 0 Å². The second kappa shape index (κ2) is 7.37. The predicted molar refractivity (Wildman–Crippen MR) is 84.8 cm³/mol. The molecule has 0 spiro atoms. The van der Waals surface area contributed by atoms with Gasteiger partial charge in [-0.2, -0.15) is 4.31 Å². The van der Waals surface area contributed by atoms with Gasteiger partial charge in [-0.15, -0.1) is 0 Å². The van der Waals surface area contributed by atoms with E-state index in [1.807, 2.05) is 0 Å². The van der Waals surface area contributed by atoms with Crippen LogP contribution in [0.5, 0.6) is 0 Å². The number of halogens is 2. The van der Waals surface area contributed by atoms with E-state index in [-0.39, 0.29) is 29.2 Å². The molecule has 1 saturated carbocycles. The summed E-state index contributed by atoms with van der Waals surface area (Å²) in [5.41, 5.74) is 0. The number of nitrogens with zero attached hydrogens (tertiary/aromatic N) is 2. The molecule has 8 heteroatoms. The van der Waals surface area contributed by atoms with Gasteiger partial charge in [-0.1, -0.05) is 30.9 Å². The van der Waals surface area contributed by atoms with Crippen molar-refractivity contribution in [2.24, 2.45) is 0 Å². The van der Waals surface area contributed by atoms with Crippen molar-refractivity contribution in [2.75, 3.05) is 13.2 Å². The molecular formula is C13H18BrClN2O3S. The first-order valence-corrected chi connectivity index (χ1v) is 9.51. The summed E-state index contributed by atoms with van der Waals surface area (Å²) in [5, 5.41) is 9.19. The van der Waals surface area contributed by atoms with Crippen LogP contribution in [-0.4, -0.2) is 42.0 Å². The molecule has 1 aromatic heterocycles. The van der Waals surface area contributed by atoms with E-state index in [9.17, 15) is 13.5 Å². The second-order valence-electron chi connectivity index (χ2n) is 5.07. The second-order valence-corrected chi connectivity index (χ2v) is 8.21. The topological polar surface area (TPSA) is 70.5 Å². The highest BCUT2D eigenvalue weighted by molar-refractivity contribution is 9.10. The molecule has 5 nitrogen and oxygen atoms in total. The van der Waals surface area contributed by atoms with E-state index in [0.29, 0.717) is 4.47 Å². The average molecular weight is 398 g/mol. The van der Waals surface area contributed by atoms with Crippen molar-refractivity contribution in [2.45, 2.75) is 43.0 Å². The molecule has 118 valence electrons. The van der Waals surface area contributed by atoms with Crippen molar-refractivity contribution in [3.8, 4) is 0 Å². The maximum Gasteiger partial charge on any atom is 0.246 e. The fraction of sp³-hybridized carbons (Fsp3) is 0.615. The third-order valence-corrected chi connectivity index (χ3v) is 6.47. The third-order valence-electron chi connectivity index (χ3n) is 3.66. The number of pyridine rings is 1. The molecule has 1 aliphatic carbocycles. The predicted octanol–water partition coefficient (Wildman–Crippen LogP) is 2.81. The summed E-state index contributed by atoms with van der Waals surface area (Å²) < 4.78 is 27.7. The molecule has 1 fully saturated rings. The molecule has 0 aromatic carbocycles. The first-order valence-electron chi connectivity index (χ1n) is 6.90. The minimum Gasteiger partial charge on any atom is -0.395 e. The molecule has 1 aromatic rings. The SMILES string of the molecule is O=S(=O)(c1cc(Br)cnc1Cl)N(CCO)C1CCCCC1. The van der Waals surface area contributed by atoms with Crippen molar-refractivity contribution in [3.05, 3.63) is 21.9 Å². The van der Waals surface area contributed by atoms with Crippen molar-refractivity contribution < 1.29 is 13.5 Å². The Morgan fingerprint density at radius 2 is 2.05 bits per heavy atom. The zero-order valence-electron chi connectivity index (χ0n) is 11.5. The van der Waals surface area contributed by atoms with Crippen LogP contribution in [0.25, 0.3) is 0 Å². The quantitative estimate of drug-likeness (QED) is 0.776. The van der Waals surface area contributed by atoms with Crippen molar-refractivity contribution in [1.82, 2.24) is 9.29 Å². The summed E-state index contributed by atoms with van der Waals surface area (Å²) >= 11 is 9.18.